The summed E-state index contributed by atoms with van der Waals surface area (Å²) >= 11 is 0. The molecule has 0 bridgehead atoms. The lowest BCUT2D eigenvalue weighted by Gasteiger charge is -2.14. The van der Waals surface area contributed by atoms with Crippen LogP contribution in [0.4, 0.5) is 0 Å². The zero-order valence-corrected chi connectivity index (χ0v) is 14.2. The fourth-order valence-corrected chi connectivity index (χ4v) is 2.25. The highest BCUT2D eigenvalue weighted by molar-refractivity contribution is 6.36. The van der Waals surface area contributed by atoms with Gasteiger partial charge in [0, 0.05) is 0 Å². The summed E-state index contributed by atoms with van der Waals surface area (Å²) in [6.07, 6.45) is -1.71. The van der Waals surface area contributed by atoms with Crippen molar-refractivity contribution in [2.75, 3.05) is 0 Å². The molecule has 2 unspecified atom stereocenters. The molecule has 0 aliphatic heterocycles. The molecule has 0 amide bonds. The molecule has 130 valence electrons. The lowest BCUT2D eigenvalue weighted by Crippen LogP contribution is -2.23. The average Bonchev–Trinajstić information content (AvgIpc) is 2.62. The van der Waals surface area contributed by atoms with Crippen molar-refractivity contribution in [1.29, 1.82) is 0 Å². The van der Waals surface area contributed by atoms with Crippen LogP contribution in [0.5, 0.6) is 0 Å². The van der Waals surface area contributed by atoms with Gasteiger partial charge in [-0.2, -0.15) is 0 Å². The van der Waals surface area contributed by atoms with Crippen molar-refractivity contribution in [2.24, 2.45) is 0 Å². The van der Waals surface area contributed by atoms with E-state index in [1.807, 2.05) is 48.5 Å². The summed E-state index contributed by atoms with van der Waals surface area (Å²) in [7, 11) is 0. The lowest BCUT2D eigenvalue weighted by molar-refractivity contribution is -0.162. The molecule has 0 saturated carbocycles. The molecule has 0 N–H and O–H groups in total. The van der Waals surface area contributed by atoms with E-state index in [1.165, 1.54) is 0 Å². The van der Waals surface area contributed by atoms with Crippen molar-refractivity contribution < 1.29 is 23.9 Å². The number of hydrogen-bond acceptors (Lipinski definition) is 5. The molecular formula is C20H20O5. The molecule has 0 saturated heterocycles. The molecule has 2 aromatic rings. The molecule has 0 aromatic heterocycles. The van der Waals surface area contributed by atoms with Crippen LogP contribution in [0.3, 0.4) is 0 Å². The van der Waals surface area contributed by atoms with Crippen molar-refractivity contribution in [3.63, 3.8) is 0 Å². The van der Waals surface area contributed by atoms with Crippen molar-refractivity contribution in [2.45, 2.75) is 32.5 Å². The largest absolute Gasteiger partial charge is 0.457 e. The Morgan fingerprint density at radius 1 is 0.760 bits per heavy atom. The fraction of sp³-hybridized carbons (Fsp3) is 0.250. The van der Waals surface area contributed by atoms with Crippen molar-refractivity contribution >= 4 is 17.7 Å². The van der Waals surface area contributed by atoms with Crippen molar-refractivity contribution in [3.8, 4) is 0 Å². The minimum atomic E-state index is -1.04. The number of benzene rings is 2. The summed E-state index contributed by atoms with van der Waals surface area (Å²) in [4.78, 5) is 35.5. The highest BCUT2D eigenvalue weighted by Gasteiger charge is 2.24. The summed E-state index contributed by atoms with van der Waals surface area (Å²) in [5.74, 6) is -2.72. The van der Waals surface area contributed by atoms with Crippen LogP contribution in [-0.4, -0.2) is 17.7 Å². The van der Waals surface area contributed by atoms with Crippen LogP contribution in [-0.2, 0) is 23.9 Å². The molecule has 0 radical (unpaired) electrons. The van der Waals surface area contributed by atoms with Gasteiger partial charge in [0.2, 0.25) is 0 Å². The SMILES string of the molecule is CC(OC(=O)CC(=O)C(=O)OC(C)c1ccccc1)c1ccccc1. The van der Waals surface area contributed by atoms with Crippen LogP contribution in [0.25, 0.3) is 0 Å². The minimum absolute atomic E-state index is 0.499. The van der Waals surface area contributed by atoms with E-state index in [0.717, 1.165) is 11.1 Å². The molecule has 0 spiro atoms. The van der Waals surface area contributed by atoms with E-state index in [4.69, 9.17) is 9.47 Å². The maximum Gasteiger partial charge on any atom is 0.375 e. The van der Waals surface area contributed by atoms with Gasteiger partial charge in [-0.05, 0) is 25.0 Å². The molecule has 2 rings (SSSR count). The predicted octanol–water partition coefficient (Wildman–Crippen LogP) is 3.55. The maximum atomic E-state index is 11.9. The summed E-state index contributed by atoms with van der Waals surface area (Å²) in [5, 5.41) is 0. The topological polar surface area (TPSA) is 69.7 Å². The van der Waals surface area contributed by atoms with E-state index in [-0.39, 0.29) is 0 Å². The average molecular weight is 340 g/mol. The van der Waals surface area contributed by atoms with E-state index in [9.17, 15) is 14.4 Å². The number of carbonyl (C=O) groups is 3. The molecule has 2 atom stereocenters. The van der Waals surface area contributed by atoms with Crippen LogP contribution < -0.4 is 0 Å². The first kappa shape index (κ1) is 18.4. The van der Waals surface area contributed by atoms with Gasteiger partial charge < -0.3 is 9.47 Å². The van der Waals surface area contributed by atoms with Gasteiger partial charge in [0.15, 0.2) is 0 Å². The highest BCUT2D eigenvalue weighted by Crippen LogP contribution is 2.18. The van der Waals surface area contributed by atoms with Crippen LogP contribution in [0.1, 0.15) is 43.6 Å². The molecule has 2 aromatic carbocycles. The van der Waals surface area contributed by atoms with E-state index >= 15 is 0 Å². The fourth-order valence-electron chi connectivity index (χ4n) is 2.25. The Morgan fingerprint density at radius 3 is 1.68 bits per heavy atom. The molecule has 0 aliphatic carbocycles. The second-order valence-corrected chi connectivity index (χ2v) is 5.60. The number of carbonyl (C=O) groups excluding carboxylic acids is 3. The number of ketones is 1. The molecule has 0 aliphatic rings. The highest BCUT2D eigenvalue weighted by atomic mass is 16.6. The Labute approximate surface area is 146 Å². The first-order chi connectivity index (χ1) is 12.0. The lowest BCUT2D eigenvalue weighted by atomic mass is 10.1. The number of esters is 2. The number of Topliss-reactive ketones (excluding diaryl/α,β-unsaturated/α-hetero) is 1. The van der Waals surface area contributed by atoms with Gasteiger partial charge in [-0.3, -0.25) is 9.59 Å². The van der Waals surface area contributed by atoms with Crippen LogP contribution in [0, 0.1) is 0 Å². The third kappa shape index (κ3) is 5.57. The second kappa shape index (κ2) is 8.78. The van der Waals surface area contributed by atoms with Gasteiger partial charge >= 0.3 is 11.9 Å². The van der Waals surface area contributed by atoms with E-state index < -0.39 is 36.4 Å². The Hall–Kier alpha value is -2.95. The van der Waals surface area contributed by atoms with Gasteiger partial charge in [0.1, 0.15) is 18.6 Å². The summed E-state index contributed by atoms with van der Waals surface area (Å²) in [5.41, 5.74) is 1.58. The van der Waals surface area contributed by atoms with Crippen LogP contribution >= 0.6 is 0 Å². The first-order valence-corrected chi connectivity index (χ1v) is 8.00. The molecule has 5 heteroatoms. The van der Waals surface area contributed by atoms with Gasteiger partial charge in [0.25, 0.3) is 5.78 Å². The number of hydrogen-bond donors (Lipinski definition) is 0. The Balaban J connectivity index is 1.84. The summed E-state index contributed by atoms with van der Waals surface area (Å²) < 4.78 is 10.3. The Bertz CT molecular complexity index is 724. The quantitative estimate of drug-likeness (QED) is 0.438. The second-order valence-electron chi connectivity index (χ2n) is 5.60. The standard InChI is InChI=1S/C20H20O5/c1-14(16-9-5-3-6-10-16)24-19(22)13-18(21)20(23)25-15(2)17-11-7-4-8-12-17/h3-12,14-15H,13H2,1-2H3. The molecule has 25 heavy (non-hydrogen) atoms. The van der Waals surface area contributed by atoms with Crippen molar-refractivity contribution in [3.05, 3.63) is 71.8 Å². The molecular weight excluding hydrogens is 320 g/mol. The zero-order valence-electron chi connectivity index (χ0n) is 14.2. The smallest absolute Gasteiger partial charge is 0.375 e. The predicted molar refractivity (Wildman–Crippen MR) is 91.5 cm³/mol. The monoisotopic (exact) mass is 340 g/mol. The normalized spacial score (nSPS) is 12.7. The number of rotatable bonds is 7. The van der Waals surface area contributed by atoms with E-state index in [0.29, 0.717) is 0 Å². The molecule has 5 nitrogen and oxygen atoms in total. The zero-order chi connectivity index (χ0) is 18.2. The van der Waals surface area contributed by atoms with E-state index in [1.54, 1.807) is 26.0 Å². The van der Waals surface area contributed by atoms with Gasteiger partial charge in [-0.25, -0.2) is 4.79 Å². The minimum Gasteiger partial charge on any atom is -0.457 e. The van der Waals surface area contributed by atoms with Crippen LogP contribution in [0.15, 0.2) is 60.7 Å². The summed E-state index contributed by atoms with van der Waals surface area (Å²) in [6, 6.07) is 18.2. The Kier molecular flexibility index (Phi) is 6.46. The van der Waals surface area contributed by atoms with Gasteiger partial charge in [-0.1, -0.05) is 60.7 Å². The van der Waals surface area contributed by atoms with Gasteiger partial charge in [0.05, 0.1) is 0 Å². The molecule has 0 fully saturated rings. The Morgan fingerprint density at radius 2 is 1.20 bits per heavy atom. The van der Waals surface area contributed by atoms with Crippen LogP contribution in [0.2, 0.25) is 0 Å². The third-order valence-corrected chi connectivity index (χ3v) is 3.66. The maximum absolute atomic E-state index is 11.9. The van der Waals surface area contributed by atoms with E-state index in [2.05, 4.69) is 0 Å². The molecule has 0 heterocycles. The third-order valence-electron chi connectivity index (χ3n) is 3.66. The van der Waals surface area contributed by atoms with Crippen molar-refractivity contribution in [1.82, 2.24) is 0 Å². The first-order valence-electron chi connectivity index (χ1n) is 8.00. The summed E-state index contributed by atoms with van der Waals surface area (Å²) in [6.45, 7) is 3.36. The number of ether oxygens (including phenoxy) is 2. The van der Waals surface area contributed by atoms with Gasteiger partial charge in [-0.15, -0.1) is 0 Å².